The van der Waals surface area contributed by atoms with Crippen LogP contribution in [-0.2, 0) is 28.6 Å². The lowest BCUT2D eigenvalue weighted by Gasteiger charge is -2.18. The molecule has 0 aromatic heterocycles. The van der Waals surface area contributed by atoms with Crippen molar-refractivity contribution in [3.8, 4) is 0 Å². The van der Waals surface area contributed by atoms with Crippen molar-refractivity contribution >= 4 is 17.9 Å². The number of rotatable bonds is 56. The van der Waals surface area contributed by atoms with Gasteiger partial charge in [-0.15, -0.1) is 0 Å². The molecule has 1 atom stereocenters. The van der Waals surface area contributed by atoms with Crippen molar-refractivity contribution in [2.45, 2.75) is 335 Å². The summed E-state index contributed by atoms with van der Waals surface area (Å²) in [5.41, 5.74) is 0. The Morgan fingerprint density at radius 3 is 0.841 bits per heavy atom. The van der Waals surface area contributed by atoms with Crippen LogP contribution < -0.4 is 0 Å². The van der Waals surface area contributed by atoms with Crippen LogP contribution in [0.5, 0.6) is 0 Å². The Labute approximate surface area is 429 Å². The van der Waals surface area contributed by atoms with E-state index in [2.05, 4.69) is 57.2 Å². The van der Waals surface area contributed by atoms with E-state index in [0.717, 1.165) is 70.6 Å². The molecule has 0 unspecified atom stereocenters. The summed E-state index contributed by atoms with van der Waals surface area (Å²) in [6, 6.07) is 0. The van der Waals surface area contributed by atoms with E-state index in [0.29, 0.717) is 19.3 Å². The molecule has 0 aromatic carbocycles. The highest BCUT2D eigenvalue weighted by Gasteiger charge is 2.19. The van der Waals surface area contributed by atoms with Crippen LogP contribution in [0.3, 0.4) is 0 Å². The van der Waals surface area contributed by atoms with Gasteiger partial charge in [0.1, 0.15) is 13.2 Å². The number of hydrogen-bond acceptors (Lipinski definition) is 6. The first kappa shape index (κ1) is 66.6. The topological polar surface area (TPSA) is 78.9 Å². The molecule has 6 heteroatoms. The second-order valence-corrected chi connectivity index (χ2v) is 20.6. The van der Waals surface area contributed by atoms with Crippen LogP contribution in [-0.4, -0.2) is 37.2 Å². The molecule has 0 aliphatic heterocycles. The van der Waals surface area contributed by atoms with E-state index in [1.807, 2.05) is 0 Å². The molecule has 0 spiro atoms. The lowest BCUT2D eigenvalue weighted by atomic mass is 10.0. The maximum absolute atomic E-state index is 12.9. The van der Waals surface area contributed by atoms with Crippen molar-refractivity contribution in [3.63, 3.8) is 0 Å². The Bertz CT molecular complexity index is 1160. The van der Waals surface area contributed by atoms with E-state index < -0.39 is 6.10 Å². The molecule has 0 rings (SSSR count). The fraction of sp³-hybridized carbons (Fsp3) is 0.857. The van der Waals surface area contributed by atoms with Crippen molar-refractivity contribution in [2.75, 3.05) is 13.2 Å². The zero-order valence-corrected chi connectivity index (χ0v) is 46.3. The summed E-state index contributed by atoms with van der Waals surface area (Å²) >= 11 is 0. The van der Waals surface area contributed by atoms with Gasteiger partial charge in [-0.2, -0.15) is 0 Å². The molecule has 0 saturated heterocycles. The molecule has 404 valence electrons. The van der Waals surface area contributed by atoms with Crippen LogP contribution in [0.1, 0.15) is 329 Å². The van der Waals surface area contributed by atoms with E-state index in [-0.39, 0.29) is 31.1 Å². The van der Waals surface area contributed by atoms with Gasteiger partial charge in [0.05, 0.1) is 0 Å². The first-order valence-electron chi connectivity index (χ1n) is 30.5. The van der Waals surface area contributed by atoms with Crippen molar-refractivity contribution in [3.05, 3.63) is 36.5 Å². The Morgan fingerprint density at radius 1 is 0.290 bits per heavy atom. The first-order valence-corrected chi connectivity index (χ1v) is 30.5. The summed E-state index contributed by atoms with van der Waals surface area (Å²) in [5.74, 6) is -0.896. The summed E-state index contributed by atoms with van der Waals surface area (Å²) in [7, 11) is 0. The van der Waals surface area contributed by atoms with Crippen molar-refractivity contribution < 1.29 is 28.6 Å². The molecule has 0 aliphatic carbocycles. The SMILES string of the molecule is CCCCC/C=C\C/C=C\C/C=C\CCCCC(=O)OC[C@H](COC(=O)CCCCCCCCCCCCCCCCCCCCC)OC(=O)CCCCCCCCCCCCCCCCCCC. The van der Waals surface area contributed by atoms with Crippen molar-refractivity contribution in [1.29, 1.82) is 0 Å². The Hall–Kier alpha value is -2.37. The average Bonchev–Trinajstić information content (AvgIpc) is 3.35. The van der Waals surface area contributed by atoms with E-state index in [1.165, 1.54) is 218 Å². The number of ether oxygens (including phenoxy) is 3. The molecule has 0 amide bonds. The largest absolute Gasteiger partial charge is 0.462 e. The van der Waals surface area contributed by atoms with Gasteiger partial charge < -0.3 is 14.2 Å². The zero-order chi connectivity index (χ0) is 50.0. The Balaban J connectivity index is 4.35. The fourth-order valence-corrected chi connectivity index (χ4v) is 9.04. The van der Waals surface area contributed by atoms with Gasteiger partial charge in [0.2, 0.25) is 0 Å². The predicted octanol–water partition coefficient (Wildman–Crippen LogP) is 20.4. The second-order valence-electron chi connectivity index (χ2n) is 20.6. The summed E-state index contributed by atoms with van der Waals surface area (Å²) in [6.07, 6.45) is 70.0. The molecule has 0 heterocycles. The molecule has 0 fully saturated rings. The molecule has 0 radical (unpaired) electrons. The quantitative estimate of drug-likeness (QED) is 0.0261. The minimum atomic E-state index is -0.783. The molecule has 0 N–H and O–H groups in total. The summed E-state index contributed by atoms with van der Waals surface area (Å²) in [6.45, 7) is 6.64. The van der Waals surface area contributed by atoms with E-state index >= 15 is 0 Å². The fourth-order valence-electron chi connectivity index (χ4n) is 9.04. The smallest absolute Gasteiger partial charge is 0.306 e. The summed E-state index contributed by atoms with van der Waals surface area (Å²) in [4.78, 5) is 38.2. The van der Waals surface area contributed by atoms with Crippen LogP contribution in [0, 0.1) is 0 Å². The van der Waals surface area contributed by atoms with Gasteiger partial charge in [-0.05, 0) is 57.8 Å². The highest BCUT2D eigenvalue weighted by atomic mass is 16.6. The molecular weight excluding hydrogens is 853 g/mol. The molecule has 0 bridgehead atoms. The monoisotopic (exact) mass is 969 g/mol. The number of unbranched alkanes of at least 4 members (excludes halogenated alkanes) is 39. The van der Waals surface area contributed by atoms with Crippen molar-refractivity contribution in [2.24, 2.45) is 0 Å². The van der Waals surface area contributed by atoms with E-state index in [9.17, 15) is 14.4 Å². The van der Waals surface area contributed by atoms with Gasteiger partial charge in [0, 0.05) is 19.3 Å². The lowest BCUT2D eigenvalue weighted by molar-refractivity contribution is -0.167. The van der Waals surface area contributed by atoms with Gasteiger partial charge in [0.25, 0.3) is 0 Å². The average molecular weight is 970 g/mol. The van der Waals surface area contributed by atoms with Crippen LogP contribution in [0.25, 0.3) is 0 Å². The number of carbonyl (C=O) groups excluding carboxylic acids is 3. The molecule has 0 aromatic rings. The van der Waals surface area contributed by atoms with Gasteiger partial charge in [0.15, 0.2) is 6.10 Å². The lowest BCUT2D eigenvalue weighted by Crippen LogP contribution is -2.30. The third kappa shape index (κ3) is 56.4. The van der Waals surface area contributed by atoms with Crippen LogP contribution in [0.4, 0.5) is 0 Å². The maximum Gasteiger partial charge on any atom is 0.306 e. The predicted molar refractivity (Wildman–Crippen MR) is 298 cm³/mol. The number of hydrogen-bond donors (Lipinski definition) is 0. The third-order valence-corrected chi connectivity index (χ3v) is 13.6. The van der Waals surface area contributed by atoms with Crippen molar-refractivity contribution in [1.82, 2.24) is 0 Å². The minimum absolute atomic E-state index is 0.0789. The molecule has 0 saturated carbocycles. The molecule has 6 nitrogen and oxygen atoms in total. The number of esters is 3. The van der Waals surface area contributed by atoms with Crippen LogP contribution in [0.15, 0.2) is 36.5 Å². The van der Waals surface area contributed by atoms with Crippen LogP contribution >= 0.6 is 0 Å². The summed E-state index contributed by atoms with van der Waals surface area (Å²) in [5, 5.41) is 0. The van der Waals surface area contributed by atoms with E-state index in [4.69, 9.17) is 14.2 Å². The summed E-state index contributed by atoms with van der Waals surface area (Å²) < 4.78 is 16.9. The first-order chi connectivity index (χ1) is 34.0. The third-order valence-electron chi connectivity index (χ3n) is 13.6. The second kappa shape index (κ2) is 58.2. The highest BCUT2D eigenvalue weighted by molar-refractivity contribution is 5.71. The van der Waals surface area contributed by atoms with Gasteiger partial charge >= 0.3 is 17.9 Å². The van der Waals surface area contributed by atoms with Gasteiger partial charge in [-0.3, -0.25) is 14.4 Å². The highest BCUT2D eigenvalue weighted by Crippen LogP contribution is 2.17. The number of allylic oxidation sites excluding steroid dienone is 6. The van der Waals surface area contributed by atoms with E-state index in [1.54, 1.807) is 0 Å². The molecular formula is C63H116O6. The van der Waals surface area contributed by atoms with Gasteiger partial charge in [-0.1, -0.05) is 288 Å². The van der Waals surface area contributed by atoms with Gasteiger partial charge in [-0.25, -0.2) is 0 Å². The van der Waals surface area contributed by atoms with Crippen LogP contribution in [0.2, 0.25) is 0 Å². The maximum atomic E-state index is 12.9. The standard InChI is InChI=1S/C63H116O6/c1-4-7-10-13-16-19-22-25-28-30-31-33-35-38-41-44-47-50-53-56-62(65)68-59-60(58-67-61(64)55-52-49-46-43-40-37-34-27-24-21-18-15-12-9-6-3)69-63(66)57-54-51-48-45-42-39-36-32-29-26-23-20-17-14-11-8-5-2/h18,21,27,34,40,43,60H,4-17,19-20,22-26,28-33,35-39,41-42,44-59H2,1-3H3/b21-18-,34-27-,43-40-/t60-/m1/s1. The minimum Gasteiger partial charge on any atom is -0.462 e. The normalized spacial score (nSPS) is 12.2. The Kier molecular flexibility index (Phi) is 56.2. The molecule has 0 aliphatic rings. The Morgan fingerprint density at radius 2 is 0.522 bits per heavy atom. The number of carbonyl (C=O) groups is 3. The molecule has 69 heavy (non-hydrogen) atoms. The zero-order valence-electron chi connectivity index (χ0n) is 46.3.